The Kier molecular flexibility index (Phi) is 3.47. The van der Waals surface area contributed by atoms with Crippen LogP contribution in [0.25, 0.3) is 10.8 Å². The molecule has 0 radical (unpaired) electrons. The number of aromatic nitrogens is 1. The number of hydrogen-bond donors (Lipinski definition) is 1. The summed E-state index contributed by atoms with van der Waals surface area (Å²) in [5.74, 6) is -0.816. The van der Waals surface area contributed by atoms with Crippen molar-refractivity contribution >= 4 is 28.2 Å². The van der Waals surface area contributed by atoms with Gasteiger partial charge in [-0.25, -0.2) is 4.79 Å². The largest absolute Gasteiger partial charge is 0.461 e. The van der Waals surface area contributed by atoms with Gasteiger partial charge < -0.3 is 14.9 Å². The van der Waals surface area contributed by atoms with Gasteiger partial charge in [0.15, 0.2) is 0 Å². The number of nitro groups is 1. The minimum absolute atomic E-state index is 0.0514. The molecule has 2 aromatic heterocycles. The van der Waals surface area contributed by atoms with Crippen molar-refractivity contribution in [2.45, 2.75) is 6.92 Å². The van der Waals surface area contributed by atoms with Gasteiger partial charge in [-0.1, -0.05) is 11.3 Å². The molecule has 2 rings (SSSR count). The lowest BCUT2D eigenvalue weighted by Gasteiger charge is -1.96. The molecule has 0 spiro atoms. The molecule has 0 saturated carbocycles. The van der Waals surface area contributed by atoms with Gasteiger partial charge in [0.05, 0.1) is 16.4 Å². The number of oxazole rings is 1. The Balaban J connectivity index is 2.33. The molecule has 0 aliphatic carbocycles. The van der Waals surface area contributed by atoms with Gasteiger partial charge >= 0.3 is 11.0 Å². The Bertz CT molecular complexity index is 633. The highest BCUT2D eigenvalue weighted by Gasteiger charge is 2.22. The number of esters is 1. The summed E-state index contributed by atoms with van der Waals surface area (Å²) in [5.41, 5.74) is 5.39. The number of rotatable bonds is 4. The van der Waals surface area contributed by atoms with Crippen molar-refractivity contribution in [3.05, 3.63) is 27.9 Å². The van der Waals surface area contributed by atoms with Crippen LogP contribution in [0.4, 0.5) is 10.9 Å². The molecule has 0 saturated heterocycles. The Morgan fingerprint density at radius 3 is 2.95 bits per heavy atom. The molecule has 0 bridgehead atoms. The molecular formula is C10H9N3O5S. The van der Waals surface area contributed by atoms with E-state index in [9.17, 15) is 14.9 Å². The molecular weight excluding hydrogens is 274 g/mol. The molecule has 2 heterocycles. The van der Waals surface area contributed by atoms with Crippen LogP contribution < -0.4 is 5.73 Å². The highest BCUT2D eigenvalue weighted by Crippen LogP contribution is 2.33. The molecule has 9 heteroatoms. The molecule has 2 aromatic rings. The second-order valence-corrected chi connectivity index (χ2v) is 4.41. The third-order valence-electron chi connectivity index (χ3n) is 2.10. The van der Waals surface area contributed by atoms with E-state index >= 15 is 0 Å². The average molecular weight is 283 g/mol. The smallest absolute Gasteiger partial charge is 0.362 e. The molecule has 0 atom stereocenters. The molecule has 0 unspecified atom stereocenters. The van der Waals surface area contributed by atoms with Crippen molar-refractivity contribution in [2.24, 2.45) is 0 Å². The molecule has 0 aliphatic rings. The van der Waals surface area contributed by atoms with Crippen molar-refractivity contribution < 1.29 is 18.9 Å². The highest BCUT2D eigenvalue weighted by atomic mass is 32.1. The maximum Gasteiger partial charge on any atom is 0.362 e. The zero-order valence-corrected chi connectivity index (χ0v) is 10.6. The summed E-state index contributed by atoms with van der Waals surface area (Å²) in [6.45, 7) is 1.84. The molecule has 0 aromatic carbocycles. The van der Waals surface area contributed by atoms with Crippen LogP contribution in [0.1, 0.15) is 17.4 Å². The molecule has 2 N–H and O–H groups in total. The third kappa shape index (κ3) is 2.55. The van der Waals surface area contributed by atoms with Crippen LogP contribution in [0.2, 0.25) is 0 Å². The van der Waals surface area contributed by atoms with E-state index < -0.39 is 10.9 Å². The van der Waals surface area contributed by atoms with Crippen molar-refractivity contribution in [3.63, 3.8) is 0 Å². The molecule has 0 aliphatic heterocycles. The molecule has 0 fully saturated rings. The van der Waals surface area contributed by atoms with Crippen LogP contribution in [0.15, 0.2) is 16.5 Å². The summed E-state index contributed by atoms with van der Waals surface area (Å²) in [4.78, 5) is 25.9. The number of anilines is 1. The second kappa shape index (κ2) is 5.06. The van der Waals surface area contributed by atoms with Gasteiger partial charge in [0.25, 0.3) is 0 Å². The van der Waals surface area contributed by atoms with Crippen molar-refractivity contribution in [3.8, 4) is 10.8 Å². The first-order valence-corrected chi connectivity index (χ1v) is 6.02. The lowest BCUT2D eigenvalue weighted by molar-refractivity contribution is -0.380. The predicted octanol–water partition coefficient (Wildman–Crippen LogP) is 2.07. The van der Waals surface area contributed by atoms with Crippen LogP contribution >= 0.6 is 11.3 Å². The van der Waals surface area contributed by atoms with E-state index in [1.807, 2.05) is 0 Å². The van der Waals surface area contributed by atoms with Crippen LogP contribution in [0, 0.1) is 10.1 Å². The van der Waals surface area contributed by atoms with E-state index in [1.54, 1.807) is 6.92 Å². The summed E-state index contributed by atoms with van der Waals surface area (Å²) < 4.78 is 9.87. The van der Waals surface area contributed by atoms with Crippen LogP contribution in [0.5, 0.6) is 0 Å². The summed E-state index contributed by atoms with van der Waals surface area (Å²) in [6, 6.07) is 2.80. The van der Waals surface area contributed by atoms with Crippen molar-refractivity contribution in [2.75, 3.05) is 12.3 Å². The average Bonchev–Trinajstić information content (AvgIpc) is 2.95. The number of nitrogen functional groups attached to an aromatic ring is 1. The maximum atomic E-state index is 11.5. The number of hydrogen-bond acceptors (Lipinski definition) is 8. The predicted molar refractivity (Wildman–Crippen MR) is 66.8 cm³/mol. The Labute approximate surface area is 111 Å². The first-order valence-electron chi connectivity index (χ1n) is 5.21. The minimum Gasteiger partial charge on any atom is -0.461 e. The highest BCUT2D eigenvalue weighted by molar-refractivity contribution is 7.18. The fourth-order valence-electron chi connectivity index (χ4n) is 1.32. The van der Waals surface area contributed by atoms with E-state index in [4.69, 9.17) is 14.9 Å². The fourth-order valence-corrected chi connectivity index (χ4v) is 2.07. The van der Waals surface area contributed by atoms with E-state index in [1.165, 1.54) is 12.1 Å². The maximum absolute atomic E-state index is 11.5. The third-order valence-corrected chi connectivity index (χ3v) is 3.13. The Morgan fingerprint density at radius 1 is 1.63 bits per heavy atom. The standard InChI is InChI=1S/C10H9N3O5S/c1-2-17-10(14)7-8(11)18-9(12-7)5-3-4-6(19-5)13(15)16/h3-4H,2,11H2,1H3. The van der Waals surface area contributed by atoms with E-state index in [2.05, 4.69) is 4.98 Å². The topological polar surface area (TPSA) is 121 Å². The zero-order chi connectivity index (χ0) is 14.0. The van der Waals surface area contributed by atoms with Crippen molar-refractivity contribution in [1.29, 1.82) is 0 Å². The van der Waals surface area contributed by atoms with E-state index in [0.29, 0.717) is 4.88 Å². The Morgan fingerprint density at radius 2 is 2.37 bits per heavy atom. The van der Waals surface area contributed by atoms with E-state index in [-0.39, 0.29) is 29.1 Å². The molecule has 8 nitrogen and oxygen atoms in total. The quantitative estimate of drug-likeness (QED) is 0.517. The number of thiophene rings is 1. The number of nitrogens with two attached hydrogens (primary N) is 1. The first-order chi connectivity index (χ1) is 9.02. The van der Waals surface area contributed by atoms with Crippen LogP contribution in [-0.2, 0) is 4.74 Å². The summed E-state index contributed by atoms with van der Waals surface area (Å²) in [5, 5.41) is 10.5. The van der Waals surface area contributed by atoms with Crippen molar-refractivity contribution in [1.82, 2.24) is 4.98 Å². The van der Waals surface area contributed by atoms with Gasteiger partial charge in [0, 0.05) is 6.07 Å². The summed E-state index contributed by atoms with van der Waals surface area (Å²) >= 11 is 0.878. The molecule has 19 heavy (non-hydrogen) atoms. The summed E-state index contributed by atoms with van der Waals surface area (Å²) in [7, 11) is 0. The van der Waals surface area contributed by atoms with Gasteiger partial charge in [-0.05, 0) is 13.0 Å². The molecule has 100 valence electrons. The molecule has 0 amide bonds. The van der Waals surface area contributed by atoms with Gasteiger partial charge in [-0.15, -0.1) is 0 Å². The van der Waals surface area contributed by atoms with E-state index in [0.717, 1.165) is 11.3 Å². The number of carbonyl (C=O) groups is 1. The Hall–Kier alpha value is -2.42. The number of nitrogens with zero attached hydrogens (tertiary/aromatic N) is 2. The van der Waals surface area contributed by atoms with Gasteiger partial charge in [-0.3, -0.25) is 10.1 Å². The zero-order valence-electron chi connectivity index (χ0n) is 9.78. The second-order valence-electron chi connectivity index (χ2n) is 3.35. The van der Waals surface area contributed by atoms with Crippen LogP contribution in [-0.4, -0.2) is 22.5 Å². The number of carbonyl (C=O) groups excluding carboxylic acids is 1. The SMILES string of the molecule is CCOC(=O)c1nc(-c2ccc([N+](=O)[O-])s2)oc1N. The van der Waals surface area contributed by atoms with Gasteiger partial charge in [-0.2, -0.15) is 4.98 Å². The number of ether oxygens (including phenoxy) is 1. The normalized spacial score (nSPS) is 10.4. The minimum atomic E-state index is -0.693. The van der Waals surface area contributed by atoms with Gasteiger partial charge in [0.2, 0.25) is 17.5 Å². The monoisotopic (exact) mass is 283 g/mol. The fraction of sp³-hybridized carbons (Fsp3) is 0.200. The lowest BCUT2D eigenvalue weighted by atomic mass is 10.4. The first kappa shape index (κ1) is 13.0. The summed E-state index contributed by atoms with van der Waals surface area (Å²) in [6.07, 6.45) is 0. The van der Waals surface area contributed by atoms with Crippen LogP contribution in [0.3, 0.4) is 0 Å². The van der Waals surface area contributed by atoms with Gasteiger partial charge in [0.1, 0.15) is 0 Å². The lowest BCUT2D eigenvalue weighted by Crippen LogP contribution is -2.07.